The molecule has 5 heteroatoms. The highest BCUT2D eigenvalue weighted by atomic mass is 32.2. The summed E-state index contributed by atoms with van der Waals surface area (Å²) < 4.78 is 11.1. The van der Waals surface area contributed by atoms with E-state index in [4.69, 9.17) is 14.5 Å². The van der Waals surface area contributed by atoms with Crippen molar-refractivity contribution in [2.24, 2.45) is 10.9 Å². The van der Waals surface area contributed by atoms with Crippen LogP contribution in [0.5, 0.6) is 11.5 Å². The lowest BCUT2D eigenvalue weighted by Gasteiger charge is -2.16. The van der Waals surface area contributed by atoms with Gasteiger partial charge in [-0.2, -0.15) is 0 Å². The summed E-state index contributed by atoms with van der Waals surface area (Å²) in [4.78, 5) is 16.7. The van der Waals surface area contributed by atoms with Crippen LogP contribution in [-0.4, -0.2) is 18.1 Å². The fourth-order valence-electron chi connectivity index (χ4n) is 3.04. The molecule has 0 bridgehead atoms. The van der Waals surface area contributed by atoms with Crippen LogP contribution >= 0.6 is 11.8 Å². The highest BCUT2D eigenvalue weighted by Crippen LogP contribution is 2.41. The van der Waals surface area contributed by atoms with Crippen LogP contribution < -0.4 is 9.47 Å². The number of carbonyl (C=O) groups is 1. The molecule has 0 saturated heterocycles. The molecule has 0 heterocycles. The molecule has 0 aliphatic heterocycles. The molecule has 2 aromatic carbocycles. The minimum atomic E-state index is -0.478. The second-order valence-electron chi connectivity index (χ2n) is 7.05. The van der Waals surface area contributed by atoms with Crippen molar-refractivity contribution in [2.45, 2.75) is 38.9 Å². The first-order valence-electron chi connectivity index (χ1n) is 9.86. The van der Waals surface area contributed by atoms with Crippen LogP contribution in [0.1, 0.15) is 36.5 Å². The number of aliphatic imine (C=N–C) groups is 1. The molecule has 0 amide bonds. The van der Waals surface area contributed by atoms with E-state index in [1.54, 1.807) is 18.9 Å². The molecule has 0 spiro atoms. The number of ether oxygens (including phenoxy) is 2. The highest BCUT2D eigenvalue weighted by Gasteiger charge is 2.29. The van der Waals surface area contributed by atoms with Crippen molar-refractivity contribution < 1.29 is 14.3 Å². The highest BCUT2D eigenvalue weighted by molar-refractivity contribution is 8.13. The summed E-state index contributed by atoms with van der Waals surface area (Å²) in [7, 11) is 1.64. The Morgan fingerprint density at radius 1 is 1.24 bits per heavy atom. The molecule has 0 radical (unpaired) electrons. The fraction of sp³-hybridized carbons (Fsp3) is 0.333. The summed E-state index contributed by atoms with van der Waals surface area (Å²) in [6.07, 6.45) is 4.53. The molecule has 1 aliphatic carbocycles. The van der Waals surface area contributed by atoms with Crippen molar-refractivity contribution in [1.82, 2.24) is 0 Å². The number of carbonyl (C=O) groups excluding carboxylic acids is 1. The van der Waals surface area contributed by atoms with Crippen molar-refractivity contribution in [1.29, 1.82) is 0 Å². The van der Waals surface area contributed by atoms with Gasteiger partial charge in [-0.05, 0) is 55.5 Å². The van der Waals surface area contributed by atoms with Crippen LogP contribution in [0.2, 0.25) is 0 Å². The summed E-state index contributed by atoms with van der Waals surface area (Å²) >= 11 is 1.69. The van der Waals surface area contributed by atoms with Crippen molar-refractivity contribution >= 4 is 28.5 Å². The zero-order valence-electron chi connectivity index (χ0n) is 17.2. The number of rotatable bonds is 8. The Kier molecular flexibility index (Phi) is 7.15. The van der Waals surface area contributed by atoms with Crippen LogP contribution in [0.3, 0.4) is 0 Å². The number of nitrogens with zero attached hydrogens (tertiary/aromatic N) is 1. The second kappa shape index (κ2) is 9.79. The Morgan fingerprint density at radius 2 is 1.97 bits per heavy atom. The van der Waals surface area contributed by atoms with Gasteiger partial charge in [0.05, 0.1) is 17.8 Å². The molecule has 0 atom stereocenters. The third kappa shape index (κ3) is 5.51. The van der Waals surface area contributed by atoms with Gasteiger partial charge in [0.15, 0.2) is 0 Å². The third-order valence-corrected chi connectivity index (χ3v) is 6.02. The fourth-order valence-corrected chi connectivity index (χ4v) is 4.25. The molecule has 3 rings (SSSR count). The summed E-state index contributed by atoms with van der Waals surface area (Å²) in [6.45, 7) is 7.61. The monoisotopic (exact) mass is 409 g/mol. The molecule has 1 saturated carbocycles. The molecule has 0 unspecified atom stereocenters. The third-order valence-electron chi connectivity index (χ3n) is 4.87. The molecule has 1 aliphatic rings. The van der Waals surface area contributed by atoms with Gasteiger partial charge in [0.1, 0.15) is 11.5 Å². The average Bonchev–Trinajstić information content (AvgIpc) is 3.58. The molecule has 1 fully saturated rings. The maximum absolute atomic E-state index is 11.8. The quantitative estimate of drug-likeness (QED) is 0.176. The zero-order chi connectivity index (χ0) is 20.8. The normalized spacial score (nSPS) is 13.8. The van der Waals surface area contributed by atoms with Crippen LogP contribution in [0.4, 0.5) is 5.69 Å². The van der Waals surface area contributed by atoms with Crippen LogP contribution in [0, 0.1) is 12.8 Å². The van der Waals surface area contributed by atoms with E-state index in [2.05, 4.69) is 37.8 Å². The Labute approximate surface area is 177 Å². The molecule has 29 heavy (non-hydrogen) atoms. The lowest BCUT2D eigenvalue weighted by atomic mass is 10.1. The molecule has 0 aromatic heterocycles. The molecule has 4 nitrogen and oxygen atoms in total. The first kappa shape index (κ1) is 21.2. The van der Waals surface area contributed by atoms with Gasteiger partial charge in [0, 0.05) is 23.3 Å². The minimum absolute atomic E-state index is 0.478. The maximum Gasteiger partial charge on any atom is 0.335 e. The maximum atomic E-state index is 11.8. The molecule has 2 aromatic rings. The Balaban J connectivity index is 1.85. The Morgan fingerprint density at radius 3 is 2.55 bits per heavy atom. The molecular formula is C24H27NO3S. The molecule has 152 valence electrons. The number of benzene rings is 2. The SMILES string of the molecule is C=CC(=O)Oc1ccc(C)c(OC)c1CSC(=Nc1ccc(CC)cc1)C1CC1. The van der Waals surface area contributed by atoms with E-state index in [0.29, 0.717) is 17.4 Å². The predicted octanol–water partition coefficient (Wildman–Crippen LogP) is 6.03. The van der Waals surface area contributed by atoms with E-state index in [9.17, 15) is 4.79 Å². The van der Waals surface area contributed by atoms with E-state index in [1.165, 1.54) is 24.5 Å². The van der Waals surface area contributed by atoms with E-state index < -0.39 is 5.97 Å². The molecule has 0 N–H and O–H groups in total. The Bertz CT molecular complexity index is 914. The van der Waals surface area contributed by atoms with Gasteiger partial charge in [-0.25, -0.2) is 9.79 Å². The van der Waals surface area contributed by atoms with Crippen LogP contribution in [0.15, 0.2) is 54.0 Å². The number of hydrogen-bond acceptors (Lipinski definition) is 5. The summed E-state index contributed by atoms with van der Waals surface area (Å²) in [5.74, 6) is 1.91. The number of thioether (sulfide) groups is 1. The van der Waals surface area contributed by atoms with E-state index in [-0.39, 0.29) is 0 Å². The predicted molar refractivity (Wildman–Crippen MR) is 120 cm³/mol. The smallest absolute Gasteiger partial charge is 0.335 e. The van der Waals surface area contributed by atoms with Crippen LogP contribution in [0.25, 0.3) is 0 Å². The van der Waals surface area contributed by atoms with E-state index in [0.717, 1.165) is 34.0 Å². The second-order valence-corrected chi connectivity index (χ2v) is 8.05. The van der Waals surface area contributed by atoms with Gasteiger partial charge in [0.25, 0.3) is 0 Å². The van der Waals surface area contributed by atoms with Crippen molar-refractivity contribution in [3.63, 3.8) is 0 Å². The summed E-state index contributed by atoms with van der Waals surface area (Å²) in [6, 6.07) is 12.1. The van der Waals surface area contributed by atoms with Crippen molar-refractivity contribution in [3.8, 4) is 11.5 Å². The number of aryl methyl sites for hydroxylation is 2. The van der Waals surface area contributed by atoms with E-state index >= 15 is 0 Å². The van der Waals surface area contributed by atoms with Gasteiger partial charge in [0.2, 0.25) is 0 Å². The zero-order valence-corrected chi connectivity index (χ0v) is 18.1. The largest absolute Gasteiger partial charge is 0.496 e. The first-order valence-corrected chi connectivity index (χ1v) is 10.8. The van der Waals surface area contributed by atoms with Gasteiger partial charge in [-0.1, -0.05) is 31.7 Å². The van der Waals surface area contributed by atoms with Crippen LogP contribution in [-0.2, 0) is 17.0 Å². The lowest BCUT2D eigenvalue weighted by Crippen LogP contribution is -2.07. The Hall–Kier alpha value is -2.53. The lowest BCUT2D eigenvalue weighted by molar-refractivity contribution is -0.129. The van der Waals surface area contributed by atoms with Crippen molar-refractivity contribution in [3.05, 3.63) is 65.7 Å². The topological polar surface area (TPSA) is 47.9 Å². The number of hydrogen-bond donors (Lipinski definition) is 0. The minimum Gasteiger partial charge on any atom is -0.496 e. The molecular weight excluding hydrogens is 382 g/mol. The number of esters is 1. The number of methoxy groups -OCH3 is 1. The van der Waals surface area contributed by atoms with Crippen molar-refractivity contribution in [2.75, 3.05) is 7.11 Å². The van der Waals surface area contributed by atoms with Gasteiger partial charge in [-0.15, -0.1) is 11.8 Å². The van der Waals surface area contributed by atoms with Gasteiger partial charge in [-0.3, -0.25) is 0 Å². The van der Waals surface area contributed by atoms with E-state index in [1.807, 2.05) is 19.1 Å². The summed E-state index contributed by atoms with van der Waals surface area (Å²) in [5.41, 5.74) is 4.15. The van der Waals surface area contributed by atoms with Gasteiger partial charge >= 0.3 is 5.97 Å². The standard InChI is InChI=1S/C24H27NO3S/c1-5-17-8-12-19(13-9-17)25-24(18-10-11-18)29-15-20-21(28-22(26)6-2)14-7-16(3)23(20)27-4/h6-9,12-14,18H,2,5,10-11,15H2,1,3-4H3. The van der Waals surface area contributed by atoms with Gasteiger partial charge < -0.3 is 9.47 Å². The average molecular weight is 410 g/mol. The summed E-state index contributed by atoms with van der Waals surface area (Å²) in [5, 5.41) is 1.12. The first-order chi connectivity index (χ1) is 14.0.